The Morgan fingerprint density at radius 1 is 0.957 bits per heavy atom. The predicted molar refractivity (Wildman–Crippen MR) is 90.0 cm³/mol. The first-order valence-corrected chi connectivity index (χ1v) is 7.50. The van der Waals surface area contributed by atoms with Crippen LogP contribution in [0.4, 0.5) is 0 Å². The number of benzene rings is 2. The number of H-pyrrole nitrogens is 1. The normalized spacial score (nSPS) is 16.4. The van der Waals surface area contributed by atoms with Crippen LogP contribution >= 0.6 is 0 Å². The molecule has 0 aliphatic carbocycles. The number of para-hydroxylation sites is 2. The van der Waals surface area contributed by atoms with Crippen molar-refractivity contribution >= 4 is 22.7 Å². The minimum Gasteiger partial charge on any atom is -0.338 e. The Hall–Kier alpha value is -2.95. The molecule has 2 N–H and O–H groups in total. The van der Waals surface area contributed by atoms with E-state index in [9.17, 15) is 4.79 Å². The minimum absolute atomic E-state index is 0.0751. The van der Waals surface area contributed by atoms with Crippen molar-refractivity contribution in [2.45, 2.75) is 13.8 Å². The lowest BCUT2D eigenvalue weighted by molar-refractivity contribution is -0.125. The number of nitrogens with one attached hydrogen (secondary N) is 2. The van der Waals surface area contributed by atoms with Crippen LogP contribution in [0.1, 0.15) is 19.4 Å². The number of hydrogen-bond acceptors (Lipinski definition) is 3. The highest BCUT2D eigenvalue weighted by Gasteiger charge is 2.39. The molecule has 1 aliphatic rings. The van der Waals surface area contributed by atoms with Gasteiger partial charge in [-0.1, -0.05) is 36.4 Å². The number of imidazole rings is 1. The number of amides is 1. The SMILES string of the molecule is CC1(C)C(=O)NN=C1c1ccc(-c2nc3ccccc3[nH]2)cc1. The first kappa shape index (κ1) is 13.7. The van der Waals surface area contributed by atoms with Gasteiger partial charge < -0.3 is 4.98 Å². The first-order chi connectivity index (χ1) is 11.1. The molecule has 1 aromatic heterocycles. The maximum atomic E-state index is 11.8. The van der Waals surface area contributed by atoms with Crippen LogP contribution in [0, 0.1) is 5.41 Å². The number of carbonyl (C=O) groups excluding carboxylic acids is 1. The number of carbonyl (C=O) groups is 1. The summed E-state index contributed by atoms with van der Waals surface area (Å²) >= 11 is 0. The zero-order chi connectivity index (χ0) is 16.0. The van der Waals surface area contributed by atoms with Crippen LogP contribution in [-0.2, 0) is 4.79 Å². The highest BCUT2D eigenvalue weighted by atomic mass is 16.2. The van der Waals surface area contributed by atoms with Crippen molar-refractivity contribution in [1.29, 1.82) is 0 Å². The van der Waals surface area contributed by atoms with E-state index in [0.717, 1.165) is 33.7 Å². The van der Waals surface area contributed by atoms with Crippen molar-refractivity contribution in [3.05, 3.63) is 54.1 Å². The average Bonchev–Trinajstić information content (AvgIpc) is 3.09. The van der Waals surface area contributed by atoms with E-state index in [2.05, 4.69) is 20.5 Å². The molecule has 0 atom stereocenters. The highest BCUT2D eigenvalue weighted by Crippen LogP contribution is 2.28. The Balaban J connectivity index is 1.70. The highest BCUT2D eigenvalue weighted by molar-refractivity contribution is 6.19. The fraction of sp³-hybridized carbons (Fsp3) is 0.167. The quantitative estimate of drug-likeness (QED) is 0.764. The van der Waals surface area contributed by atoms with Crippen LogP contribution in [-0.4, -0.2) is 21.6 Å². The van der Waals surface area contributed by atoms with Crippen LogP contribution in [0.2, 0.25) is 0 Å². The molecule has 0 spiro atoms. The second-order valence-electron chi connectivity index (χ2n) is 6.21. The fourth-order valence-electron chi connectivity index (χ4n) is 2.79. The molecule has 3 aromatic rings. The van der Waals surface area contributed by atoms with E-state index in [1.54, 1.807) is 0 Å². The number of hydrazone groups is 1. The Bertz CT molecular complexity index is 902. The molecule has 0 bridgehead atoms. The second kappa shape index (κ2) is 4.78. The van der Waals surface area contributed by atoms with Crippen molar-refractivity contribution in [3.63, 3.8) is 0 Å². The number of hydrogen-bond donors (Lipinski definition) is 2. The van der Waals surface area contributed by atoms with Crippen molar-refractivity contribution in [3.8, 4) is 11.4 Å². The molecule has 114 valence electrons. The lowest BCUT2D eigenvalue weighted by atomic mass is 9.83. The summed E-state index contributed by atoms with van der Waals surface area (Å²) in [6.07, 6.45) is 0. The Morgan fingerprint density at radius 2 is 1.65 bits per heavy atom. The average molecular weight is 304 g/mol. The number of aromatic nitrogens is 2. The number of nitrogens with zero attached hydrogens (tertiary/aromatic N) is 2. The summed E-state index contributed by atoms with van der Waals surface area (Å²) < 4.78 is 0. The molecule has 2 heterocycles. The summed E-state index contributed by atoms with van der Waals surface area (Å²) in [5.41, 5.74) is 6.61. The monoisotopic (exact) mass is 304 g/mol. The van der Waals surface area contributed by atoms with Gasteiger partial charge in [0.2, 0.25) is 0 Å². The van der Waals surface area contributed by atoms with Crippen LogP contribution in [0.15, 0.2) is 53.6 Å². The third-order valence-corrected chi connectivity index (χ3v) is 4.25. The van der Waals surface area contributed by atoms with Crippen LogP contribution in [0.25, 0.3) is 22.4 Å². The molecule has 4 rings (SSSR count). The largest absolute Gasteiger partial charge is 0.338 e. The topological polar surface area (TPSA) is 70.1 Å². The van der Waals surface area contributed by atoms with E-state index in [4.69, 9.17) is 0 Å². The van der Waals surface area contributed by atoms with Crippen molar-refractivity contribution in [1.82, 2.24) is 15.4 Å². The molecule has 5 heteroatoms. The van der Waals surface area contributed by atoms with Gasteiger partial charge in [0.05, 0.1) is 22.2 Å². The number of fused-ring (bicyclic) bond motifs is 1. The van der Waals surface area contributed by atoms with Gasteiger partial charge in [0, 0.05) is 5.56 Å². The molecular weight excluding hydrogens is 288 g/mol. The molecule has 0 fully saturated rings. The van der Waals surface area contributed by atoms with Gasteiger partial charge in [-0.05, 0) is 31.5 Å². The van der Waals surface area contributed by atoms with Gasteiger partial charge in [-0.15, -0.1) is 0 Å². The fourth-order valence-corrected chi connectivity index (χ4v) is 2.79. The third kappa shape index (κ3) is 2.12. The summed E-state index contributed by atoms with van der Waals surface area (Å²) in [4.78, 5) is 19.7. The molecule has 0 saturated heterocycles. The van der Waals surface area contributed by atoms with E-state index < -0.39 is 5.41 Å². The van der Waals surface area contributed by atoms with Gasteiger partial charge in [-0.3, -0.25) is 4.79 Å². The summed E-state index contributed by atoms with van der Waals surface area (Å²) in [6, 6.07) is 15.9. The van der Waals surface area contributed by atoms with E-state index in [0.29, 0.717) is 0 Å². The maximum absolute atomic E-state index is 11.8. The van der Waals surface area contributed by atoms with E-state index in [-0.39, 0.29) is 5.91 Å². The van der Waals surface area contributed by atoms with Gasteiger partial charge in [-0.25, -0.2) is 10.4 Å². The molecule has 1 aliphatic heterocycles. The minimum atomic E-state index is -0.610. The molecule has 0 radical (unpaired) electrons. The number of rotatable bonds is 2. The lowest BCUT2D eigenvalue weighted by Crippen LogP contribution is -2.32. The smallest absolute Gasteiger partial charge is 0.251 e. The van der Waals surface area contributed by atoms with Gasteiger partial charge >= 0.3 is 0 Å². The van der Waals surface area contributed by atoms with Crippen molar-refractivity contribution in [2.24, 2.45) is 10.5 Å². The van der Waals surface area contributed by atoms with Gasteiger partial charge in [0.15, 0.2) is 0 Å². The Morgan fingerprint density at radius 3 is 2.30 bits per heavy atom. The van der Waals surface area contributed by atoms with Gasteiger partial charge in [-0.2, -0.15) is 5.10 Å². The summed E-state index contributed by atoms with van der Waals surface area (Å²) in [6.45, 7) is 3.75. The first-order valence-electron chi connectivity index (χ1n) is 7.50. The summed E-state index contributed by atoms with van der Waals surface area (Å²) in [5.74, 6) is 0.758. The van der Waals surface area contributed by atoms with Gasteiger partial charge in [0.25, 0.3) is 5.91 Å². The van der Waals surface area contributed by atoms with Crippen molar-refractivity contribution in [2.75, 3.05) is 0 Å². The third-order valence-electron chi connectivity index (χ3n) is 4.25. The molecule has 1 amide bonds. The zero-order valence-corrected chi connectivity index (χ0v) is 12.9. The summed E-state index contributed by atoms with van der Waals surface area (Å²) in [7, 11) is 0. The maximum Gasteiger partial charge on any atom is 0.251 e. The van der Waals surface area contributed by atoms with Crippen LogP contribution in [0.5, 0.6) is 0 Å². The zero-order valence-electron chi connectivity index (χ0n) is 12.9. The molecule has 23 heavy (non-hydrogen) atoms. The number of aromatic amines is 1. The van der Waals surface area contributed by atoms with Gasteiger partial charge in [0.1, 0.15) is 5.82 Å². The Labute approximate surface area is 133 Å². The van der Waals surface area contributed by atoms with Crippen molar-refractivity contribution < 1.29 is 4.79 Å². The molecule has 0 saturated carbocycles. The molecule has 0 unspecified atom stereocenters. The predicted octanol–water partition coefficient (Wildman–Crippen LogP) is 3.09. The molecule has 2 aromatic carbocycles. The van der Waals surface area contributed by atoms with E-state index in [1.807, 2.05) is 62.4 Å². The van der Waals surface area contributed by atoms with E-state index in [1.165, 1.54) is 0 Å². The lowest BCUT2D eigenvalue weighted by Gasteiger charge is -2.16. The summed E-state index contributed by atoms with van der Waals surface area (Å²) in [5, 5.41) is 4.17. The van der Waals surface area contributed by atoms with E-state index >= 15 is 0 Å². The standard InChI is InChI=1S/C18H16N4O/c1-18(2)15(21-22-17(18)23)11-7-9-12(10-8-11)16-19-13-5-3-4-6-14(13)20-16/h3-10H,1-2H3,(H,19,20)(H,22,23). The van der Waals surface area contributed by atoms with Crippen LogP contribution in [0.3, 0.4) is 0 Å². The molecular formula is C18H16N4O. The Kier molecular flexibility index (Phi) is 2.84. The van der Waals surface area contributed by atoms with Crippen LogP contribution < -0.4 is 5.43 Å². The second-order valence-corrected chi connectivity index (χ2v) is 6.21. The molecule has 5 nitrogen and oxygen atoms in total.